The van der Waals surface area contributed by atoms with Gasteiger partial charge in [0, 0.05) is 13.7 Å². The summed E-state index contributed by atoms with van der Waals surface area (Å²) in [5.41, 5.74) is 6.54. The van der Waals surface area contributed by atoms with E-state index >= 15 is 0 Å². The van der Waals surface area contributed by atoms with Crippen LogP contribution in [0.25, 0.3) is 11.2 Å². The molecule has 2 N–H and O–H groups in total. The number of nitrogen functional groups attached to an aromatic ring is 1. The van der Waals surface area contributed by atoms with E-state index in [0.717, 1.165) is 19.3 Å². The first-order chi connectivity index (χ1) is 17.2. The molecule has 0 spiro atoms. The molecule has 2 rings (SSSR count). The molecule has 0 aliphatic carbocycles. The highest BCUT2D eigenvalue weighted by Gasteiger charge is 2.35. The molecule has 0 amide bonds. The van der Waals surface area contributed by atoms with E-state index < -0.39 is 17.3 Å². The molecule has 11 heteroatoms. The number of imidazole rings is 1. The van der Waals surface area contributed by atoms with Crippen LogP contribution < -0.4 is 5.73 Å². The number of nitrogens with zero attached hydrogens (tertiary/aromatic N) is 4. The second kappa shape index (κ2) is 16.2. The number of thiol groups is 2. The molecule has 36 heavy (non-hydrogen) atoms. The predicted molar refractivity (Wildman–Crippen MR) is 156 cm³/mol. The highest BCUT2D eigenvalue weighted by atomic mass is 32.2. The lowest BCUT2D eigenvalue weighted by Gasteiger charge is -2.28. The van der Waals surface area contributed by atoms with Gasteiger partial charge in [-0.15, -0.1) is 0 Å². The van der Waals surface area contributed by atoms with Crippen molar-refractivity contribution in [3.05, 3.63) is 12.7 Å². The Kier molecular flexibility index (Phi) is 14.2. The van der Waals surface area contributed by atoms with Gasteiger partial charge in [-0.05, 0) is 13.3 Å². The van der Waals surface area contributed by atoms with Gasteiger partial charge in [-0.3, -0.25) is 4.57 Å². The van der Waals surface area contributed by atoms with Gasteiger partial charge < -0.3 is 19.3 Å². The highest BCUT2D eigenvalue weighted by molar-refractivity contribution is 8.00. The Morgan fingerprint density at radius 2 is 1.58 bits per heavy atom. The normalized spacial score (nSPS) is 14.8. The largest absolute Gasteiger partial charge is 0.382 e. The number of fused-ring (bicyclic) bond motifs is 1. The lowest BCUT2D eigenvalue weighted by atomic mass is 10.0. The minimum absolute atomic E-state index is 0.131. The first-order valence-electron chi connectivity index (χ1n) is 13.4. The van der Waals surface area contributed by atoms with Crippen LogP contribution in [-0.4, -0.2) is 43.0 Å². The molecule has 0 aromatic carbocycles. The van der Waals surface area contributed by atoms with Gasteiger partial charge in [0.1, 0.15) is 11.8 Å². The van der Waals surface area contributed by atoms with E-state index in [1.54, 1.807) is 10.9 Å². The topological polar surface area (TPSA) is 105 Å². The van der Waals surface area contributed by atoms with Crippen molar-refractivity contribution in [3.63, 3.8) is 0 Å². The van der Waals surface area contributed by atoms with Crippen LogP contribution in [0.3, 0.4) is 0 Å². The van der Waals surface area contributed by atoms with Crippen molar-refractivity contribution in [2.24, 2.45) is 0 Å². The van der Waals surface area contributed by atoms with E-state index in [0.29, 0.717) is 23.5 Å². The van der Waals surface area contributed by atoms with Crippen molar-refractivity contribution in [1.82, 2.24) is 19.5 Å². The van der Waals surface area contributed by atoms with E-state index in [4.69, 9.17) is 14.8 Å². The molecule has 8 nitrogen and oxygen atoms in total. The van der Waals surface area contributed by atoms with Crippen molar-refractivity contribution < 1.29 is 13.6 Å². The molecule has 2 aromatic heterocycles. The summed E-state index contributed by atoms with van der Waals surface area (Å²) in [7, 11) is -2.00. The zero-order chi connectivity index (χ0) is 26.4. The molecule has 0 unspecified atom stereocenters. The maximum Gasteiger partial charge on any atom is 0.335 e. The Balaban J connectivity index is 1.68. The Morgan fingerprint density at radius 3 is 2.17 bits per heavy atom. The van der Waals surface area contributed by atoms with Crippen LogP contribution in [0.1, 0.15) is 97.3 Å². The maximum absolute atomic E-state index is 13.4. The van der Waals surface area contributed by atoms with E-state index in [1.807, 2.05) is 6.92 Å². The summed E-state index contributed by atoms with van der Waals surface area (Å²) in [6.07, 6.45) is 19.3. The molecule has 0 saturated heterocycles. The summed E-state index contributed by atoms with van der Waals surface area (Å²) in [6.45, 7) is 4.57. The van der Waals surface area contributed by atoms with E-state index in [1.165, 1.54) is 77.6 Å². The van der Waals surface area contributed by atoms with Crippen molar-refractivity contribution >= 4 is 49.8 Å². The number of aromatic nitrogens is 4. The second-order valence-corrected chi connectivity index (χ2v) is 14.4. The van der Waals surface area contributed by atoms with Crippen molar-refractivity contribution in [2.45, 2.75) is 114 Å². The van der Waals surface area contributed by atoms with Gasteiger partial charge in [0.2, 0.25) is 0 Å². The van der Waals surface area contributed by atoms with E-state index in [-0.39, 0.29) is 6.61 Å². The standard InChI is InChI=1S/C25H46N5O3PS2/c1-4-5-6-7-8-9-10-11-12-13-14-15-16-25(35,36)18-33-34(31,32-3)21(2)17-30-20-29-22-23(26)27-19-28-24(22)30/h19-21,35-36H,4-18H2,1-3H3,(H2,26,27,28)/t21-,34-/m1/s1. The molecule has 206 valence electrons. The number of hydrogen-bond acceptors (Lipinski definition) is 9. The zero-order valence-electron chi connectivity index (χ0n) is 22.3. The van der Waals surface area contributed by atoms with Crippen LogP contribution in [0, 0.1) is 0 Å². The third-order valence-corrected chi connectivity index (χ3v) is 9.54. The van der Waals surface area contributed by atoms with Gasteiger partial charge in [0.05, 0.1) is 22.7 Å². The Morgan fingerprint density at radius 1 is 1.00 bits per heavy atom. The second-order valence-electron chi connectivity index (χ2n) is 9.79. The van der Waals surface area contributed by atoms with Crippen LogP contribution in [-0.2, 0) is 20.2 Å². The van der Waals surface area contributed by atoms with E-state index in [9.17, 15) is 4.57 Å². The molecule has 0 aliphatic heterocycles. The monoisotopic (exact) mass is 559 g/mol. The third-order valence-electron chi connectivity index (χ3n) is 6.59. The smallest absolute Gasteiger partial charge is 0.335 e. The van der Waals surface area contributed by atoms with Gasteiger partial charge >= 0.3 is 7.60 Å². The third kappa shape index (κ3) is 10.5. The molecule has 0 bridgehead atoms. The lowest BCUT2D eigenvalue weighted by Crippen LogP contribution is -2.24. The molecule has 2 atom stereocenters. The van der Waals surface area contributed by atoms with Gasteiger partial charge in [-0.1, -0.05) is 84.0 Å². The minimum atomic E-state index is -3.41. The highest BCUT2D eigenvalue weighted by Crippen LogP contribution is 2.54. The number of nitrogens with two attached hydrogens (primary N) is 1. The van der Waals surface area contributed by atoms with Crippen LogP contribution in [0.15, 0.2) is 12.7 Å². The van der Waals surface area contributed by atoms with Crippen LogP contribution in [0.5, 0.6) is 0 Å². The number of hydrogen-bond donors (Lipinski definition) is 3. The van der Waals surface area contributed by atoms with Gasteiger partial charge in [-0.2, -0.15) is 25.3 Å². The van der Waals surface area contributed by atoms with Crippen LogP contribution >= 0.6 is 32.9 Å². The lowest BCUT2D eigenvalue weighted by molar-refractivity contribution is 0.218. The van der Waals surface area contributed by atoms with Gasteiger partial charge in [-0.25, -0.2) is 15.0 Å². The summed E-state index contributed by atoms with van der Waals surface area (Å²) in [4.78, 5) is 12.5. The van der Waals surface area contributed by atoms with Gasteiger partial charge in [0.25, 0.3) is 0 Å². The average molecular weight is 560 g/mol. The maximum atomic E-state index is 13.4. The first-order valence-corrected chi connectivity index (χ1v) is 15.9. The van der Waals surface area contributed by atoms with Crippen LogP contribution in [0.4, 0.5) is 5.82 Å². The molecule has 0 fully saturated rings. The molecule has 0 aliphatic rings. The SMILES string of the molecule is CCCCCCCCCCCCCCC(S)(S)CO[P@](=O)(OC)[C@H](C)Cn1cnc2c(N)ncnc21. The summed E-state index contributed by atoms with van der Waals surface area (Å²) >= 11 is 9.35. The fraction of sp³-hybridized carbons (Fsp3) is 0.800. The minimum Gasteiger partial charge on any atom is -0.382 e. The van der Waals surface area contributed by atoms with E-state index in [2.05, 4.69) is 47.1 Å². The number of rotatable bonds is 20. The fourth-order valence-electron chi connectivity index (χ4n) is 4.29. The Bertz CT molecular complexity index is 944. The molecule has 2 aromatic rings. The summed E-state index contributed by atoms with van der Waals surface area (Å²) in [5, 5.41) is 0. The number of anilines is 1. The summed E-state index contributed by atoms with van der Waals surface area (Å²) in [6, 6.07) is 0. The van der Waals surface area contributed by atoms with Crippen molar-refractivity contribution in [1.29, 1.82) is 0 Å². The zero-order valence-corrected chi connectivity index (χ0v) is 25.0. The molecular weight excluding hydrogens is 513 g/mol. The van der Waals surface area contributed by atoms with Crippen molar-refractivity contribution in [3.8, 4) is 0 Å². The molecule has 2 heterocycles. The average Bonchev–Trinajstić information content (AvgIpc) is 3.27. The van der Waals surface area contributed by atoms with Gasteiger partial charge in [0.15, 0.2) is 11.5 Å². The Labute approximate surface area is 228 Å². The van der Waals surface area contributed by atoms with Crippen molar-refractivity contribution in [2.75, 3.05) is 19.5 Å². The fourth-order valence-corrected chi connectivity index (χ4v) is 6.44. The summed E-state index contributed by atoms with van der Waals surface area (Å²) < 4.78 is 25.8. The molecule has 0 saturated carbocycles. The Hall–Kier alpha value is -0.800. The summed E-state index contributed by atoms with van der Waals surface area (Å²) in [5.74, 6) is 0.310. The number of unbranched alkanes of at least 4 members (excludes halogenated alkanes) is 11. The molecular formula is C25H46N5O3PS2. The molecule has 0 radical (unpaired) electrons. The van der Waals surface area contributed by atoms with Crippen LogP contribution in [0.2, 0.25) is 0 Å². The predicted octanol–water partition coefficient (Wildman–Crippen LogP) is 7.30. The quantitative estimate of drug-likeness (QED) is 0.0676. The first kappa shape index (κ1) is 31.4.